The lowest BCUT2D eigenvalue weighted by Gasteiger charge is -2.10. The molecule has 1 aromatic carbocycles. The van der Waals surface area contributed by atoms with Crippen molar-refractivity contribution in [2.45, 2.75) is 32.0 Å². The molecule has 0 unspecified atom stereocenters. The summed E-state index contributed by atoms with van der Waals surface area (Å²) < 4.78 is 5.74. The Morgan fingerprint density at radius 1 is 1.15 bits per heavy atom. The van der Waals surface area contributed by atoms with Gasteiger partial charge in [0, 0.05) is 25.0 Å². The Bertz CT molecular complexity index is 570. The highest BCUT2D eigenvalue weighted by Crippen LogP contribution is 2.27. The highest BCUT2D eigenvalue weighted by molar-refractivity contribution is 6.32. The van der Waals surface area contributed by atoms with Gasteiger partial charge in [-0.3, -0.25) is 4.98 Å². The molecule has 1 saturated carbocycles. The van der Waals surface area contributed by atoms with E-state index < -0.39 is 0 Å². The molecule has 1 aliphatic rings. The topological polar surface area (TPSA) is 34.1 Å². The molecule has 104 valence electrons. The second-order valence-electron chi connectivity index (χ2n) is 5.06. The number of nitrogens with one attached hydrogen (secondary N) is 1. The van der Waals surface area contributed by atoms with Crippen LogP contribution in [0.5, 0.6) is 5.75 Å². The third-order valence-corrected chi connectivity index (χ3v) is 3.61. The summed E-state index contributed by atoms with van der Waals surface area (Å²) in [6.45, 7) is 1.37. The fraction of sp³-hybridized carbons (Fsp3) is 0.312. The summed E-state index contributed by atoms with van der Waals surface area (Å²) in [5, 5.41) is 4.13. The first-order valence-corrected chi connectivity index (χ1v) is 7.22. The molecule has 1 aliphatic carbocycles. The standard InChI is InChI=1S/C16H17ClN2O/c17-15-9-13(10-19-14-2-3-14)1-4-16(15)20-11-12-5-7-18-8-6-12/h1,4-9,14,19H,2-3,10-11H2. The number of ether oxygens (including phenoxy) is 1. The van der Waals surface area contributed by atoms with Crippen molar-refractivity contribution in [2.75, 3.05) is 0 Å². The summed E-state index contributed by atoms with van der Waals surface area (Å²) in [5.74, 6) is 0.721. The van der Waals surface area contributed by atoms with E-state index in [9.17, 15) is 0 Å². The second kappa shape index (κ2) is 6.25. The van der Waals surface area contributed by atoms with Crippen LogP contribution in [-0.2, 0) is 13.2 Å². The number of nitrogens with zero attached hydrogens (tertiary/aromatic N) is 1. The van der Waals surface area contributed by atoms with Crippen LogP contribution in [0.25, 0.3) is 0 Å². The molecule has 0 amide bonds. The quantitative estimate of drug-likeness (QED) is 0.882. The van der Waals surface area contributed by atoms with E-state index in [1.807, 2.05) is 24.3 Å². The summed E-state index contributed by atoms with van der Waals surface area (Å²) in [6, 6.07) is 10.5. The normalized spacial score (nSPS) is 14.2. The molecule has 3 rings (SSSR count). The monoisotopic (exact) mass is 288 g/mol. The van der Waals surface area contributed by atoms with Gasteiger partial charge in [-0.05, 0) is 48.2 Å². The minimum atomic E-state index is 0.502. The molecule has 1 fully saturated rings. The Morgan fingerprint density at radius 3 is 2.65 bits per heavy atom. The molecule has 1 aromatic heterocycles. The molecule has 1 N–H and O–H groups in total. The Balaban J connectivity index is 1.58. The number of aromatic nitrogens is 1. The van der Waals surface area contributed by atoms with Crippen molar-refractivity contribution in [3.63, 3.8) is 0 Å². The molecule has 0 saturated heterocycles. The first kappa shape index (κ1) is 13.4. The van der Waals surface area contributed by atoms with Gasteiger partial charge in [0.1, 0.15) is 12.4 Å². The second-order valence-corrected chi connectivity index (χ2v) is 5.47. The maximum Gasteiger partial charge on any atom is 0.138 e. The number of hydrogen-bond acceptors (Lipinski definition) is 3. The number of rotatable bonds is 6. The molecule has 0 bridgehead atoms. The zero-order valence-corrected chi connectivity index (χ0v) is 11.9. The minimum absolute atomic E-state index is 0.502. The summed E-state index contributed by atoms with van der Waals surface area (Å²) >= 11 is 6.26. The summed E-state index contributed by atoms with van der Waals surface area (Å²) in [7, 11) is 0. The fourth-order valence-electron chi connectivity index (χ4n) is 1.96. The van der Waals surface area contributed by atoms with Gasteiger partial charge in [-0.1, -0.05) is 17.7 Å². The average Bonchev–Trinajstić information content (AvgIpc) is 3.29. The van der Waals surface area contributed by atoms with Crippen molar-refractivity contribution in [2.24, 2.45) is 0 Å². The lowest BCUT2D eigenvalue weighted by Crippen LogP contribution is -2.15. The van der Waals surface area contributed by atoms with Gasteiger partial charge < -0.3 is 10.1 Å². The predicted molar refractivity (Wildman–Crippen MR) is 79.9 cm³/mol. The van der Waals surface area contributed by atoms with E-state index in [1.54, 1.807) is 12.4 Å². The van der Waals surface area contributed by atoms with E-state index in [0.717, 1.165) is 17.9 Å². The molecule has 0 aliphatic heterocycles. The zero-order chi connectivity index (χ0) is 13.8. The Kier molecular flexibility index (Phi) is 4.19. The minimum Gasteiger partial charge on any atom is -0.487 e. The first-order valence-electron chi connectivity index (χ1n) is 6.85. The molecule has 3 nitrogen and oxygen atoms in total. The molecular formula is C16H17ClN2O. The largest absolute Gasteiger partial charge is 0.487 e. The van der Waals surface area contributed by atoms with Crippen molar-refractivity contribution in [3.8, 4) is 5.75 Å². The van der Waals surface area contributed by atoms with E-state index in [-0.39, 0.29) is 0 Å². The lowest BCUT2D eigenvalue weighted by molar-refractivity contribution is 0.306. The fourth-order valence-corrected chi connectivity index (χ4v) is 2.22. The van der Waals surface area contributed by atoms with Crippen LogP contribution < -0.4 is 10.1 Å². The van der Waals surface area contributed by atoms with E-state index in [2.05, 4.69) is 16.4 Å². The van der Waals surface area contributed by atoms with Crippen molar-refractivity contribution < 1.29 is 4.74 Å². The van der Waals surface area contributed by atoms with Gasteiger partial charge in [0.05, 0.1) is 5.02 Å². The molecule has 4 heteroatoms. The first-order chi connectivity index (χ1) is 9.81. The van der Waals surface area contributed by atoms with Crippen LogP contribution in [0.2, 0.25) is 5.02 Å². The van der Waals surface area contributed by atoms with Crippen molar-refractivity contribution in [3.05, 3.63) is 58.9 Å². The average molecular weight is 289 g/mol. The van der Waals surface area contributed by atoms with Gasteiger partial charge in [-0.15, -0.1) is 0 Å². The number of pyridine rings is 1. The third-order valence-electron chi connectivity index (χ3n) is 3.31. The maximum absolute atomic E-state index is 6.26. The third kappa shape index (κ3) is 3.71. The van der Waals surface area contributed by atoms with E-state index in [1.165, 1.54) is 18.4 Å². The molecule has 0 radical (unpaired) electrons. The van der Waals surface area contributed by atoms with Crippen LogP contribution in [-0.4, -0.2) is 11.0 Å². The van der Waals surface area contributed by atoms with Gasteiger partial charge in [-0.2, -0.15) is 0 Å². The number of halogens is 1. The van der Waals surface area contributed by atoms with E-state index in [4.69, 9.17) is 16.3 Å². The number of hydrogen-bond donors (Lipinski definition) is 1. The van der Waals surface area contributed by atoms with Crippen LogP contribution in [0.1, 0.15) is 24.0 Å². The number of benzene rings is 1. The van der Waals surface area contributed by atoms with Crippen LogP contribution in [0, 0.1) is 0 Å². The highest BCUT2D eigenvalue weighted by atomic mass is 35.5. The molecule has 20 heavy (non-hydrogen) atoms. The van der Waals surface area contributed by atoms with Gasteiger partial charge >= 0.3 is 0 Å². The molecule has 0 spiro atoms. The molecule has 0 atom stereocenters. The van der Waals surface area contributed by atoms with Crippen LogP contribution >= 0.6 is 11.6 Å². The van der Waals surface area contributed by atoms with Gasteiger partial charge in [0.2, 0.25) is 0 Å². The summed E-state index contributed by atoms with van der Waals surface area (Å²) in [5.41, 5.74) is 2.27. The Hall–Kier alpha value is -1.58. The van der Waals surface area contributed by atoms with Gasteiger partial charge in [0.15, 0.2) is 0 Å². The molecule has 2 aromatic rings. The Morgan fingerprint density at radius 2 is 1.95 bits per heavy atom. The van der Waals surface area contributed by atoms with Gasteiger partial charge in [0.25, 0.3) is 0 Å². The summed E-state index contributed by atoms with van der Waals surface area (Å²) in [4.78, 5) is 3.98. The summed E-state index contributed by atoms with van der Waals surface area (Å²) in [6.07, 6.45) is 6.10. The van der Waals surface area contributed by atoms with Crippen LogP contribution in [0.4, 0.5) is 0 Å². The van der Waals surface area contributed by atoms with Crippen molar-refractivity contribution in [1.29, 1.82) is 0 Å². The van der Waals surface area contributed by atoms with E-state index >= 15 is 0 Å². The lowest BCUT2D eigenvalue weighted by atomic mass is 10.2. The molecule has 1 heterocycles. The van der Waals surface area contributed by atoms with Crippen molar-refractivity contribution >= 4 is 11.6 Å². The van der Waals surface area contributed by atoms with E-state index in [0.29, 0.717) is 17.7 Å². The highest BCUT2D eigenvalue weighted by Gasteiger charge is 2.20. The SMILES string of the molecule is Clc1cc(CNC2CC2)ccc1OCc1ccncc1. The van der Waals surface area contributed by atoms with Crippen molar-refractivity contribution in [1.82, 2.24) is 10.3 Å². The van der Waals surface area contributed by atoms with Crippen LogP contribution in [0.3, 0.4) is 0 Å². The van der Waals surface area contributed by atoms with Crippen LogP contribution in [0.15, 0.2) is 42.7 Å². The zero-order valence-electron chi connectivity index (χ0n) is 11.2. The smallest absolute Gasteiger partial charge is 0.138 e. The van der Waals surface area contributed by atoms with Gasteiger partial charge in [-0.25, -0.2) is 0 Å². The maximum atomic E-state index is 6.26. The predicted octanol–water partition coefficient (Wildman–Crippen LogP) is 3.57. The molecular weight excluding hydrogens is 272 g/mol. The Labute approximate surface area is 123 Å².